The van der Waals surface area contributed by atoms with Gasteiger partial charge in [-0.3, -0.25) is 4.79 Å². The molecule has 2 rings (SSSR count). The average Bonchev–Trinajstić information content (AvgIpc) is 2.50. The molecule has 0 unspecified atom stereocenters. The molecule has 106 valence electrons. The van der Waals surface area contributed by atoms with Crippen LogP contribution in [0.3, 0.4) is 0 Å². The Morgan fingerprint density at radius 1 is 1.19 bits per heavy atom. The van der Waals surface area contributed by atoms with E-state index in [1.165, 1.54) is 0 Å². The average molecular weight is 392 g/mol. The first-order valence-corrected chi connectivity index (χ1v) is 7.39. The molecule has 0 bridgehead atoms. The minimum Gasteiger partial charge on any atom is -0.481 e. The van der Waals surface area contributed by atoms with E-state index in [-0.39, 0.29) is 5.91 Å². The van der Waals surface area contributed by atoms with Crippen LogP contribution >= 0.6 is 22.6 Å². The standard InChI is InChI=1S/C16H13IN2O2/c1-11(21-15-8-2-12(10-18)3-9-15)16(20)19-14-6-4-13(17)5-7-14/h2-9,11H,1H3,(H,19,20)/t11-/m1/s1. The number of hydrogen-bond acceptors (Lipinski definition) is 3. The molecule has 1 N–H and O–H groups in total. The van der Waals surface area contributed by atoms with Crippen LogP contribution in [0, 0.1) is 14.9 Å². The van der Waals surface area contributed by atoms with E-state index in [4.69, 9.17) is 10.00 Å². The first-order chi connectivity index (χ1) is 10.1. The third kappa shape index (κ3) is 4.46. The summed E-state index contributed by atoms with van der Waals surface area (Å²) in [4.78, 5) is 12.0. The summed E-state index contributed by atoms with van der Waals surface area (Å²) in [6, 6.07) is 16.2. The predicted octanol–water partition coefficient (Wildman–Crippen LogP) is 3.57. The van der Waals surface area contributed by atoms with E-state index in [1.807, 2.05) is 30.3 Å². The number of nitrogens with zero attached hydrogens (tertiary/aromatic N) is 1. The number of ether oxygens (including phenoxy) is 1. The van der Waals surface area contributed by atoms with Crippen molar-refractivity contribution in [1.29, 1.82) is 5.26 Å². The lowest BCUT2D eigenvalue weighted by Crippen LogP contribution is -2.30. The minimum absolute atomic E-state index is 0.222. The van der Waals surface area contributed by atoms with E-state index < -0.39 is 6.10 Å². The van der Waals surface area contributed by atoms with Crippen LogP contribution in [-0.2, 0) is 4.79 Å². The fraction of sp³-hybridized carbons (Fsp3) is 0.125. The third-order valence-electron chi connectivity index (χ3n) is 2.78. The van der Waals surface area contributed by atoms with Crippen molar-refractivity contribution in [3.8, 4) is 11.8 Å². The summed E-state index contributed by atoms with van der Waals surface area (Å²) >= 11 is 2.20. The number of carbonyl (C=O) groups is 1. The molecule has 0 fully saturated rings. The van der Waals surface area contributed by atoms with Gasteiger partial charge in [-0.05, 0) is 78.0 Å². The lowest BCUT2D eigenvalue weighted by molar-refractivity contribution is -0.122. The number of amides is 1. The van der Waals surface area contributed by atoms with Crippen molar-refractivity contribution >= 4 is 34.2 Å². The molecule has 0 aromatic heterocycles. The van der Waals surface area contributed by atoms with Crippen LogP contribution in [0.5, 0.6) is 5.75 Å². The summed E-state index contributed by atoms with van der Waals surface area (Å²) in [5.41, 5.74) is 1.29. The zero-order chi connectivity index (χ0) is 15.2. The van der Waals surface area contributed by atoms with Crippen molar-refractivity contribution in [3.63, 3.8) is 0 Å². The number of nitriles is 1. The molecule has 1 atom stereocenters. The van der Waals surface area contributed by atoms with Crippen molar-refractivity contribution in [2.75, 3.05) is 5.32 Å². The second-order valence-electron chi connectivity index (χ2n) is 4.39. The molecule has 0 aliphatic heterocycles. The summed E-state index contributed by atoms with van der Waals surface area (Å²) < 4.78 is 6.65. The van der Waals surface area contributed by atoms with Crippen molar-refractivity contribution in [1.82, 2.24) is 0 Å². The summed E-state index contributed by atoms with van der Waals surface area (Å²) in [5.74, 6) is 0.333. The first-order valence-electron chi connectivity index (χ1n) is 6.32. The molecule has 2 aromatic carbocycles. The molecule has 21 heavy (non-hydrogen) atoms. The topological polar surface area (TPSA) is 62.1 Å². The SMILES string of the molecule is C[C@@H](Oc1ccc(C#N)cc1)C(=O)Nc1ccc(I)cc1. The fourth-order valence-corrected chi connectivity index (χ4v) is 2.00. The van der Waals surface area contributed by atoms with Crippen molar-refractivity contribution in [2.24, 2.45) is 0 Å². The highest BCUT2D eigenvalue weighted by Gasteiger charge is 2.14. The number of anilines is 1. The number of nitrogens with one attached hydrogen (secondary N) is 1. The number of hydrogen-bond donors (Lipinski definition) is 1. The Hall–Kier alpha value is -2.07. The Labute approximate surface area is 136 Å². The van der Waals surface area contributed by atoms with E-state index in [2.05, 4.69) is 27.9 Å². The van der Waals surface area contributed by atoms with Crippen LogP contribution in [0.2, 0.25) is 0 Å². The van der Waals surface area contributed by atoms with Crippen molar-refractivity contribution in [2.45, 2.75) is 13.0 Å². The highest BCUT2D eigenvalue weighted by atomic mass is 127. The van der Waals surface area contributed by atoms with E-state index in [1.54, 1.807) is 31.2 Å². The van der Waals surface area contributed by atoms with Gasteiger partial charge in [-0.25, -0.2) is 0 Å². The van der Waals surface area contributed by atoms with E-state index in [0.29, 0.717) is 11.3 Å². The molecule has 0 spiro atoms. The Kier molecular flexibility index (Phi) is 5.17. The molecule has 2 aromatic rings. The van der Waals surface area contributed by atoms with Gasteiger partial charge in [0.15, 0.2) is 6.10 Å². The monoisotopic (exact) mass is 392 g/mol. The van der Waals surface area contributed by atoms with Gasteiger partial charge >= 0.3 is 0 Å². The Bertz CT molecular complexity index is 660. The Morgan fingerprint density at radius 2 is 1.81 bits per heavy atom. The molecule has 4 nitrogen and oxygen atoms in total. The van der Waals surface area contributed by atoms with E-state index in [9.17, 15) is 4.79 Å². The van der Waals surface area contributed by atoms with Gasteiger partial charge in [0, 0.05) is 9.26 Å². The number of benzene rings is 2. The third-order valence-corrected chi connectivity index (χ3v) is 3.50. The predicted molar refractivity (Wildman–Crippen MR) is 89.0 cm³/mol. The normalized spacial score (nSPS) is 11.3. The van der Waals surface area contributed by atoms with Gasteiger partial charge in [-0.1, -0.05) is 0 Å². The summed E-state index contributed by atoms with van der Waals surface area (Å²) in [6.07, 6.45) is -0.628. The molecule has 0 saturated heterocycles. The van der Waals surface area contributed by atoms with Crippen LogP contribution in [0.4, 0.5) is 5.69 Å². The largest absolute Gasteiger partial charge is 0.481 e. The van der Waals surface area contributed by atoms with E-state index >= 15 is 0 Å². The number of carbonyl (C=O) groups excluding carboxylic acids is 1. The maximum absolute atomic E-state index is 12.0. The second kappa shape index (κ2) is 7.09. The highest BCUT2D eigenvalue weighted by molar-refractivity contribution is 14.1. The lowest BCUT2D eigenvalue weighted by Gasteiger charge is -2.14. The second-order valence-corrected chi connectivity index (χ2v) is 5.64. The lowest BCUT2D eigenvalue weighted by atomic mass is 10.2. The van der Waals surface area contributed by atoms with Gasteiger partial charge < -0.3 is 10.1 Å². The molecule has 5 heteroatoms. The minimum atomic E-state index is -0.628. The van der Waals surface area contributed by atoms with Crippen molar-refractivity contribution in [3.05, 3.63) is 57.7 Å². The molecule has 0 radical (unpaired) electrons. The van der Waals surface area contributed by atoms with Gasteiger partial charge in [0.2, 0.25) is 0 Å². The number of rotatable bonds is 4. The number of halogens is 1. The Morgan fingerprint density at radius 3 is 2.38 bits per heavy atom. The fourth-order valence-electron chi connectivity index (χ4n) is 1.64. The highest BCUT2D eigenvalue weighted by Crippen LogP contribution is 2.15. The van der Waals surface area contributed by atoms with Crippen molar-refractivity contribution < 1.29 is 9.53 Å². The molecular weight excluding hydrogens is 379 g/mol. The zero-order valence-corrected chi connectivity index (χ0v) is 13.5. The van der Waals surface area contributed by atoms with Crippen LogP contribution in [0.1, 0.15) is 12.5 Å². The molecule has 0 aliphatic rings. The van der Waals surface area contributed by atoms with Crippen LogP contribution < -0.4 is 10.1 Å². The van der Waals surface area contributed by atoms with Gasteiger partial charge in [0.05, 0.1) is 11.6 Å². The maximum atomic E-state index is 12.0. The summed E-state index contributed by atoms with van der Waals surface area (Å²) in [6.45, 7) is 1.68. The Balaban J connectivity index is 1.95. The van der Waals surface area contributed by atoms with Gasteiger partial charge in [0.25, 0.3) is 5.91 Å². The summed E-state index contributed by atoms with van der Waals surface area (Å²) in [7, 11) is 0. The zero-order valence-electron chi connectivity index (χ0n) is 11.3. The first kappa shape index (κ1) is 15.3. The molecule has 0 saturated carbocycles. The molecule has 0 heterocycles. The van der Waals surface area contributed by atoms with Crippen LogP contribution in [-0.4, -0.2) is 12.0 Å². The smallest absolute Gasteiger partial charge is 0.265 e. The van der Waals surface area contributed by atoms with Gasteiger partial charge in [-0.15, -0.1) is 0 Å². The van der Waals surface area contributed by atoms with E-state index in [0.717, 1.165) is 9.26 Å². The maximum Gasteiger partial charge on any atom is 0.265 e. The van der Waals surface area contributed by atoms with Gasteiger partial charge in [0.1, 0.15) is 5.75 Å². The molecule has 0 aliphatic carbocycles. The quantitative estimate of drug-likeness (QED) is 0.810. The molecular formula is C16H13IN2O2. The van der Waals surface area contributed by atoms with Gasteiger partial charge in [-0.2, -0.15) is 5.26 Å². The molecule has 1 amide bonds. The van der Waals surface area contributed by atoms with Crippen LogP contribution in [0.25, 0.3) is 0 Å². The summed E-state index contributed by atoms with van der Waals surface area (Å²) in [5, 5.41) is 11.5. The van der Waals surface area contributed by atoms with Crippen LogP contribution in [0.15, 0.2) is 48.5 Å².